The fraction of sp³-hybridized carbons (Fsp3) is 0.438. The summed E-state index contributed by atoms with van der Waals surface area (Å²) in [6.45, 7) is 8.65. The van der Waals surface area contributed by atoms with E-state index in [-0.39, 0.29) is 12.4 Å². The van der Waals surface area contributed by atoms with Gasteiger partial charge in [-0.05, 0) is 38.0 Å². The van der Waals surface area contributed by atoms with Crippen LogP contribution in [0.25, 0.3) is 0 Å². The van der Waals surface area contributed by atoms with Crippen molar-refractivity contribution >= 4 is 18.1 Å². The van der Waals surface area contributed by atoms with Crippen molar-refractivity contribution in [3.8, 4) is 5.75 Å². The number of nitrogens with zero attached hydrogens (tertiary/aromatic N) is 2. The van der Waals surface area contributed by atoms with Crippen molar-refractivity contribution in [3.63, 3.8) is 0 Å². The number of ether oxygens (including phenoxy) is 1. The molecular weight excluding hydrogens is 286 g/mol. The molecule has 2 rings (SSSR count). The Kier molecular flexibility index (Phi) is 7.09. The normalized spacial score (nSPS) is 10.0. The Balaban J connectivity index is 0.00000220. The van der Waals surface area contributed by atoms with E-state index in [1.54, 1.807) is 0 Å². The molecule has 5 heteroatoms. The molecule has 2 aromatic rings. The molecule has 0 unspecified atom stereocenters. The lowest BCUT2D eigenvalue weighted by atomic mass is 10.2. The van der Waals surface area contributed by atoms with Crippen LogP contribution in [0, 0.1) is 6.92 Å². The maximum absolute atomic E-state index is 5.44. The van der Waals surface area contributed by atoms with E-state index in [4.69, 9.17) is 4.74 Å². The molecule has 0 saturated carbocycles. The predicted molar refractivity (Wildman–Crippen MR) is 89.4 cm³/mol. The van der Waals surface area contributed by atoms with Gasteiger partial charge in [-0.25, -0.2) is 0 Å². The SMILES string of the molecule is CCCn1cc(NCc2ccc(OCC)cc2)c(C)n1.Cl. The van der Waals surface area contributed by atoms with Crippen molar-refractivity contribution in [3.05, 3.63) is 41.7 Å². The first-order chi connectivity index (χ1) is 9.72. The fourth-order valence-electron chi connectivity index (χ4n) is 2.10. The molecule has 116 valence electrons. The van der Waals surface area contributed by atoms with Crippen LogP contribution in [0.3, 0.4) is 0 Å². The summed E-state index contributed by atoms with van der Waals surface area (Å²) in [7, 11) is 0. The van der Waals surface area contributed by atoms with Crippen LogP contribution in [-0.2, 0) is 13.1 Å². The van der Waals surface area contributed by atoms with Crippen LogP contribution in [-0.4, -0.2) is 16.4 Å². The molecular formula is C16H24ClN3O. The Morgan fingerprint density at radius 2 is 1.90 bits per heavy atom. The van der Waals surface area contributed by atoms with Crippen molar-refractivity contribution in [1.29, 1.82) is 0 Å². The maximum Gasteiger partial charge on any atom is 0.119 e. The first-order valence-corrected chi connectivity index (χ1v) is 7.22. The standard InChI is InChI=1S/C16H23N3O.ClH/c1-4-10-19-12-16(13(3)18-19)17-11-14-6-8-15(9-7-14)20-5-2;/h6-9,12,17H,4-5,10-11H2,1-3H3;1H. The van der Waals surface area contributed by atoms with Crippen molar-refractivity contribution in [1.82, 2.24) is 9.78 Å². The molecule has 4 nitrogen and oxygen atoms in total. The molecule has 1 aromatic heterocycles. The van der Waals surface area contributed by atoms with Gasteiger partial charge in [-0.1, -0.05) is 19.1 Å². The smallest absolute Gasteiger partial charge is 0.119 e. The first kappa shape index (κ1) is 17.4. The molecule has 0 spiro atoms. The molecule has 0 aliphatic carbocycles. The summed E-state index contributed by atoms with van der Waals surface area (Å²) in [5.74, 6) is 0.920. The highest BCUT2D eigenvalue weighted by Gasteiger charge is 2.04. The van der Waals surface area contributed by atoms with Crippen LogP contribution < -0.4 is 10.1 Å². The van der Waals surface area contributed by atoms with E-state index in [9.17, 15) is 0 Å². The lowest BCUT2D eigenvalue weighted by molar-refractivity contribution is 0.340. The average Bonchev–Trinajstić information content (AvgIpc) is 2.79. The minimum absolute atomic E-state index is 0. The van der Waals surface area contributed by atoms with Gasteiger partial charge < -0.3 is 10.1 Å². The molecule has 0 aliphatic heterocycles. The van der Waals surface area contributed by atoms with Crippen molar-refractivity contribution in [2.24, 2.45) is 0 Å². The number of hydrogen-bond donors (Lipinski definition) is 1. The number of rotatable bonds is 7. The summed E-state index contributed by atoms with van der Waals surface area (Å²) in [6, 6.07) is 8.19. The second kappa shape index (κ2) is 8.57. The van der Waals surface area contributed by atoms with Gasteiger partial charge in [-0.2, -0.15) is 5.10 Å². The Labute approximate surface area is 132 Å². The van der Waals surface area contributed by atoms with E-state index in [0.717, 1.165) is 36.6 Å². The van der Waals surface area contributed by atoms with Gasteiger partial charge in [0.15, 0.2) is 0 Å². The highest BCUT2D eigenvalue weighted by atomic mass is 35.5. The van der Waals surface area contributed by atoms with Gasteiger partial charge in [0.25, 0.3) is 0 Å². The highest BCUT2D eigenvalue weighted by molar-refractivity contribution is 5.85. The zero-order chi connectivity index (χ0) is 14.4. The number of nitrogens with one attached hydrogen (secondary N) is 1. The Hall–Kier alpha value is -1.68. The zero-order valence-corrected chi connectivity index (χ0v) is 13.7. The highest BCUT2D eigenvalue weighted by Crippen LogP contribution is 2.16. The summed E-state index contributed by atoms with van der Waals surface area (Å²) < 4.78 is 7.44. The lowest BCUT2D eigenvalue weighted by Gasteiger charge is -2.07. The minimum Gasteiger partial charge on any atom is -0.494 e. The topological polar surface area (TPSA) is 39.1 Å². The molecule has 21 heavy (non-hydrogen) atoms. The van der Waals surface area contributed by atoms with Crippen LogP contribution in [0.15, 0.2) is 30.5 Å². The van der Waals surface area contributed by atoms with Gasteiger partial charge in [0.05, 0.1) is 18.0 Å². The summed E-state index contributed by atoms with van der Waals surface area (Å²) in [6.07, 6.45) is 3.17. The molecule has 0 atom stereocenters. The summed E-state index contributed by atoms with van der Waals surface area (Å²) >= 11 is 0. The number of halogens is 1. The monoisotopic (exact) mass is 309 g/mol. The number of hydrogen-bond acceptors (Lipinski definition) is 3. The van der Waals surface area contributed by atoms with E-state index in [1.165, 1.54) is 5.56 Å². The van der Waals surface area contributed by atoms with Crippen molar-refractivity contribution in [2.45, 2.75) is 40.3 Å². The van der Waals surface area contributed by atoms with Crippen LogP contribution >= 0.6 is 12.4 Å². The second-order valence-corrected chi connectivity index (χ2v) is 4.82. The average molecular weight is 310 g/mol. The molecule has 1 aromatic carbocycles. The van der Waals surface area contributed by atoms with Crippen molar-refractivity contribution in [2.75, 3.05) is 11.9 Å². The van der Waals surface area contributed by atoms with Crippen LogP contribution in [0.1, 0.15) is 31.5 Å². The van der Waals surface area contributed by atoms with Crippen LogP contribution in [0.5, 0.6) is 5.75 Å². The van der Waals surface area contributed by atoms with E-state index >= 15 is 0 Å². The van der Waals surface area contributed by atoms with Gasteiger partial charge in [0.2, 0.25) is 0 Å². The largest absolute Gasteiger partial charge is 0.494 e. The molecule has 0 radical (unpaired) electrons. The fourth-order valence-corrected chi connectivity index (χ4v) is 2.10. The summed E-state index contributed by atoms with van der Waals surface area (Å²) in [5, 5.41) is 7.92. The number of aromatic nitrogens is 2. The third-order valence-electron chi connectivity index (χ3n) is 3.12. The Morgan fingerprint density at radius 1 is 1.19 bits per heavy atom. The van der Waals surface area contributed by atoms with Gasteiger partial charge in [0, 0.05) is 19.3 Å². The second-order valence-electron chi connectivity index (χ2n) is 4.82. The molecule has 1 heterocycles. The molecule has 0 aliphatic rings. The van der Waals surface area contributed by atoms with E-state index < -0.39 is 0 Å². The van der Waals surface area contributed by atoms with Gasteiger partial charge in [0.1, 0.15) is 5.75 Å². The molecule has 1 N–H and O–H groups in total. The number of aryl methyl sites for hydroxylation is 2. The minimum atomic E-state index is 0. The Bertz CT molecular complexity index is 537. The molecule has 0 amide bonds. The summed E-state index contributed by atoms with van der Waals surface area (Å²) in [4.78, 5) is 0. The van der Waals surface area contributed by atoms with E-state index in [0.29, 0.717) is 6.61 Å². The van der Waals surface area contributed by atoms with Gasteiger partial charge >= 0.3 is 0 Å². The predicted octanol–water partition coefficient (Wildman–Crippen LogP) is 4.03. The lowest BCUT2D eigenvalue weighted by Crippen LogP contribution is -2.00. The summed E-state index contributed by atoms with van der Waals surface area (Å²) in [5.41, 5.74) is 3.38. The number of benzene rings is 1. The van der Waals surface area contributed by atoms with E-state index in [2.05, 4.69) is 35.7 Å². The van der Waals surface area contributed by atoms with Crippen LogP contribution in [0.2, 0.25) is 0 Å². The number of anilines is 1. The third kappa shape index (κ3) is 4.97. The maximum atomic E-state index is 5.44. The third-order valence-corrected chi connectivity index (χ3v) is 3.12. The quantitative estimate of drug-likeness (QED) is 0.839. The van der Waals surface area contributed by atoms with Crippen molar-refractivity contribution < 1.29 is 4.74 Å². The van der Waals surface area contributed by atoms with Gasteiger partial charge in [-0.3, -0.25) is 4.68 Å². The molecule has 0 bridgehead atoms. The van der Waals surface area contributed by atoms with E-state index in [1.807, 2.05) is 30.7 Å². The van der Waals surface area contributed by atoms with Gasteiger partial charge in [-0.15, -0.1) is 12.4 Å². The molecule has 0 fully saturated rings. The zero-order valence-electron chi connectivity index (χ0n) is 12.9. The Morgan fingerprint density at radius 3 is 2.52 bits per heavy atom. The van der Waals surface area contributed by atoms with Crippen LogP contribution in [0.4, 0.5) is 5.69 Å². The molecule has 0 saturated heterocycles. The first-order valence-electron chi connectivity index (χ1n) is 7.22.